The quantitative estimate of drug-likeness (QED) is 0.0841. The van der Waals surface area contributed by atoms with Gasteiger partial charge in [0.05, 0.1) is 12.7 Å². The third-order valence-electron chi connectivity index (χ3n) is 6.95. The number of aromatic hydroxyl groups is 4. The van der Waals surface area contributed by atoms with Gasteiger partial charge in [0.25, 0.3) is 0 Å². The number of phenolic OH excluding ortho intramolecular Hbond substituents is 4. The molecule has 5 atom stereocenters. The van der Waals surface area contributed by atoms with E-state index in [0.717, 1.165) is 24.3 Å². The summed E-state index contributed by atoms with van der Waals surface area (Å²) in [5, 5.41) is 71.9. The second-order valence-electron chi connectivity index (χ2n) is 10.0. The monoisotopic (exact) mass is 624 g/mol. The zero-order valence-corrected chi connectivity index (χ0v) is 23.4. The van der Waals surface area contributed by atoms with E-state index in [-0.39, 0.29) is 39.9 Å². The van der Waals surface area contributed by atoms with E-state index in [0.29, 0.717) is 5.56 Å². The molecule has 0 aromatic heterocycles. The molecule has 2 aliphatic heterocycles. The molecule has 0 unspecified atom stereocenters. The highest BCUT2D eigenvalue weighted by atomic mass is 16.7. The third kappa shape index (κ3) is 6.63. The Hall–Kier alpha value is -5.28. The molecule has 2 heterocycles. The van der Waals surface area contributed by atoms with Crippen LogP contribution in [0.1, 0.15) is 5.56 Å². The number of carbonyl (C=O) groups is 1. The molecule has 7 N–H and O–H groups in total. The largest absolute Gasteiger partial charge is 0.508 e. The van der Waals surface area contributed by atoms with Crippen molar-refractivity contribution < 1.29 is 63.9 Å². The minimum Gasteiger partial charge on any atom is -0.508 e. The van der Waals surface area contributed by atoms with Gasteiger partial charge in [-0.1, -0.05) is 12.1 Å². The highest BCUT2D eigenvalue weighted by Crippen LogP contribution is 2.45. The Balaban J connectivity index is 1.43. The van der Waals surface area contributed by atoms with Gasteiger partial charge in [-0.15, -0.1) is 0 Å². The minimum atomic E-state index is -1.84. The van der Waals surface area contributed by atoms with Crippen molar-refractivity contribution in [1.29, 1.82) is 0 Å². The number of fused-ring (bicyclic) bond motifs is 1. The van der Waals surface area contributed by atoms with Crippen LogP contribution in [0.3, 0.4) is 0 Å². The maximum Gasteiger partial charge on any atom is 0.330 e. The van der Waals surface area contributed by atoms with Crippen molar-refractivity contribution in [2.45, 2.75) is 30.7 Å². The summed E-state index contributed by atoms with van der Waals surface area (Å²) in [6, 6.07) is 11.6. The number of methoxy groups -OCH3 is 1. The van der Waals surface area contributed by atoms with Crippen molar-refractivity contribution in [2.75, 3.05) is 13.7 Å². The summed E-state index contributed by atoms with van der Waals surface area (Å²) in [7, 11) is 1.24. The Morgan fingerprint density at radius 2 is 1.62 bits per heavy atom. The molecule has 0 saturated carbocycles. The molecule has 1 aliphatic carbocycles. The number of hydrogen-bond acceptors (Lipinski definition) is 14. The molecule has 236 valence electrons. The summed E-state index contributed by atoms with van der Waals surface area (Å²) >= 11 is 0. The molecule has 14 nitrogen and oxygen atoms in total. The van der Waals surface area contributed by atoms with E-state index in [1.54, 1.807) is 12.1 Å². The zero-order valence-electron chi connectivity index (χ0n) is 23.4. The number of hydrogen-bond donors (Lipinski definition) is 7. The normalized spacial score (nSPS) is 21.6. The SMILES string of the molecule is COc1cc(-c2oc3cc(=O)cc(O)c-3cc2O[C@@H]2O[C@H](COC(=O)C=Cc3ccc(O)cc3)[C@@H](O)[C@@H](O)[C@H]2O)cc(O)c1O. The predicted molar refractivity (Wildman–Crippen MR) is 154 cm³/mol. The molecule has 0 spiro atoms. The van der Waals surface area contributed by atoms with Crippen molar-refractivity contribution >= 4 is 12.0 Å². The summed E-state index contributed by atoms with van der Waals surface area (Å²) in [4.78, 5) is 24.3. The van der Waals surface area contributed by atoms with Gasteiger partial charge in [-0.25, -0.2) is 4.79 Å². The van der Waals surface area contributed by atoms with Crippen LogP contribution in [0, 0.1) is 0 Å². The fourth-order valence-electron chi connectivity index (χ4n) is 4.58. The number of phenols is 4. The summed E-state index contributed by atoms with van der Waals surface area (Å²) < 4.78 is 27.7. The van der Waals surface area contributed by atoms with Crippen molar-refractivity contribution in [1.82, 2.24) is 0 Å². The maximum absolute atomic E-state index is 12.3. The van der Waals surface area contributed by atoms with Gasteiger partial charge in [0.15, 0.2) is 28.4 Å². The first-order chi connectivity index (χ1) is 21.4. The molecule has 45 heavy (non-hydrogen) atoms. The molecule has 3 aliphatic rings. The van der Waals surface area contributed by atoms with E-state index in [1.807, 2.05) is 0 Å². The highest BCUT2D eigenvalue weighted by molar-refractivity contribution is 5.87. The zero-order chi connectivity index (χ0) is 32.4. The number of carbonyl (C=O) groups excluding carboxylic acids is 1. The fraction of sp³-hybridized carbons (Fsp3) is 0.226. The van der Waals surface area contributed by atoms with E-state index >= 15 is 0 Å². The highest BCUT2D eigenvalue weighted by Gasteiger charge is 2.46. The smallest absolute Gasteiger partial charge is 0.330 e. The Labute approximate surface area is 254 Å². The average Bonchev–Trinajstić information content (AvgIpc) is 3.01. The standard InChI is InChI=1S/C31H28O14/c1-41-22-9-15(8-20(35)26(22)37)30-23(12-18-19(34)10-17(33)11-21(18)43-30)44-31-29(40)28(39)27(38)24(45-31)13-42-25(36)7-4-14-2-5-16(32)6-3-14/h2-12,24,27-29,31-32,34-35,37-40H,13H2,1H3/t24-,27-,28-,29-,31-/m1/s1. The molecule has 0 bridgehead atoms. The van der Waals surface area contributed by atoms with Gasteiger partial charge in [0.1, 0.15) is 48.3 Å². The summed E-state index contributed by atoms with van der Waals surface area (Å²) in [5.41, 5.74) is 0.0963. The summed E-state index contributed by atoms with van der Waals surface area (Å²) in [5.74, 6) is -3.04. The number of esters is 1. The summed E-state index contributed by atoms with van der Waals surface area (Å²) in [6.07, 6.45) is -5.93. The van der Waals surface area contributed by atoms with Crippen molar-refractivity contribution in [3.05, 3.63) is 76.5 Å². The number of benzene rings is 3. The third-order valence-corrected chi connectivity index (χ3v) is 6.95. The molecule has 14 heteroatoms. The van der Waals surface area contributed by atoms with Crippen LogP contribution in [0.25, 0.3) is 28.7 Å². The second kappa shape index (κ2) is 12.8. The molecular weight excluding hydrogens is 596 g/mol. The molecule has 2 aromatic carbocycles. The van der Waals surface area contributed by atoms with E-state index < -0.39 is 66.0 Å². The molecule has 0 radical (unpaired) electrons. The van der Waals surface area contributed by atoms with Crippen LogP contribution < -0.4 is 14.9 Å². The van der Waals surface area contributed by atoms with Crippen molar-refractivity contribution in [3.63, 3.8) is 0 Å². The van der Waals surface area contributed by atoms with Gasteiger partial charge >= 0.3 is 5.97 Å². The molecule has 1 saturated heterocycles. The lowest BCUT2D eigenvalue weighted by Gasteiger charge is -2.40. The van der Waals surface area contributed by atoms with Crippen molar-refractivity contribution in [3.8, 4) is 57.1 Å². The van der Waals surface area contributed by atoms with Gasteiger partial charge in [-0.05, 0) is 42.0 Å². The Kier molecular flexibility index (Phi) is 8.83. The molecule has 0 amide bonds. The second-order valence-corrected chi connectivity index (χ2v) is 10.0. The lowest BCUT2D eigenvalue weighted by molar-refractivity contribution is -0.278. The Morgan fingerprint density at radius 3 is 2.33 bits per heavy atom. The first kappa shape index (κ1) is 31.2. The fourth-order valence-corrected chi connectivity index (χ4v) is 4.58. The van der Waals surface area contributed by atoms with Crippen LogP contribution in [-0.2, 0) is 14.3 Å². The first-order valence-corrected chi connectivity index (χ1v) is 13.4. The van der Waals surface area contributed by atoms with E-state index in [4.69, 9.17) is 23.4 Å². The lowest BCUT2D eigenvalue weighted by atomic mass is 9.99. The first-order valence-electron chi connectivity index (χ1n) is 13.4. The van der Waals surface area contributed by atoms with Gasteiger partial charge in [0.2, 0.25) is 12.0 Å². The average molecular weight is 625 g/mol. The lowest BCUT2D eigenvalue weighted by Crippen LogP contribution is -2.60. The van der Waals surface area contributed by atoms with Crippen molar-refractivity contribution in [2.24, 2.45) is 0 Å². The van der Waals surface area contributed by atoms with E-state index in [1.165, 1.54) is 37.5 Å². The van der Waals surface area contributed by atoms with E-state index in [9.17, 15) is 45.3 Å². The number of aliphatic hydroxyl groups excluding tert-OH is 3. The van der Waals surface area contributed by atoms with Crippen LogP contribution in [-0.4, -0.2) is 86.1 Å². The Bertz CT molecular complexity index is 1740. The van der Waals surface area contributed by atoms with Crippen LogP contribution >= 0.6 is 0 Å². The molecule has 5 rings (SSSR count). The number of aliphatic hydroxyl groups is 3. The molecule has 2 aromatic rings. The molecule has 1 fully saturated rings. The van der Waals surface area contributed by atoms with Gasteiger partial charge in [-0.2, -0.15) is 0 Å². The van der Waals surface area contributed by atoms with Crippen LogP contribution in [0.15, 0.2) is 69.9 Å². The van der Waals surface area contributed by atoms with Crippen LogP contribution in [0.5, 0.6) is 34.5 Å². The van der Waals surface area contributed by atoms with Crippen LogP contribution in [0.4, 0.5) is 0 Å². The van der Waals surface area contributed by atoms with Gasteiger partial charge < -0.3 is 59.1 Å². The predicted octanol–water partition coefficient (Wildman–Crippen LogP) is 1.69. The Morgan fingerprint density at radius 1 is 0.889 bits per heavy atom. The summed E-state index contributed by atoms with van der Waals surface area (Å²) in [6.45, 7) is -0.561. The number of ether oxygens (including phenoxy) is 4. The van der Waals surface area contributed by atoms with Crippen LogP contribution in [0.2, 0.25) is 0 Å². The maximum atomic E-state index is 12.3. The molecular formula is C31H28O14. The van der Waals surface area contributed by atoms with Gasteiger partial charge in [0, 0.05) is 23.8 Å². The van der Waals surface area contributed by atoms with Gasteiger partial charge in [-0.3, -0.25) is 4.79 Å². The number of rotatable bonds is 8. The topological polar surface area (TPSA) is 226 Å². The minimum absolute atomic E-state index is 0.0140. The van der Waals surface area contributed by atoms with E-state index in [2.05, 4.69) is 0 Å².